The van der Waals surface area contributed by atoms with Crippen LogP contribution in [0.25, 0.3) is 11.5 Å². The number of halogens is 3. The highest BCUT2D eigenvalue weighted by atomic mass is 32.2. The molecule has 4 rings (SSSR count). The van der Waals surface area contributed by atoms with Crippen LogP contribution in [0.1, 0.15) is 46.6 Å². The first-order chi connectivity index (χ1) is 18.3. The van der Waals surface area contributed by atoms with Crippen LogP contribution in [0.2, 0.25) is 0 Å². The highest BCUT2D eigenvalue weighted by Gasteiger charge is 2.38. The average Bonchev–Trinajstić information content (AvgIpc) is 3.49. The molecular formula is C25H27F3N4O6S. The van der Waals surface area contributed by atoms with Gasteiger partial charge in [0.1, 0.15) is 5.76 Å². The number of nitrogens with zero attached hydrogens (tertiary/aromatic N) is 2. The molecular weight excluding hydrogens is 541 g/mol. The number of hydrogen-bond donors (Lipinski definition) is 3. The summed E-state index contributed by atoms with van der Waals surface area (Å²) in [5.41, 5.74) is 8.38. The lowest BCUT2D eigenvalue weighted by molar-refractivity contribution is -0.192. The molecule has 4 N–H and O–H groups in total. The van der Waals surface area contributed by atoms with Crippen LogP contribution in [0.15, 0.2) is 53.2 Å². The van der Waals surface area contributed by atoms with Gasteiger partial charge in [-0.2, -0.15) is 13.2 Å². The Kier molecular flexibility index (Phi) is 9.45. The monoisotopic (exact) mass is 568 g/mol. The summed E-state index contributed by atoms with van der Waals surface area (Å²) >= 11 is 0. The first-order valence-electron chi connectivity index (χ1n) is 11.8. The number of carboxylic acids is 1. The summed E-state index contributed by atoms with van der Waals surface area (Å²) in [5, 5.41) is 9.56. The predicted molar refractivity (Wildman–Crippen MR) is 134 cm³/mol. The molecule has 0 aliphatic heterocycles. The molecule has 3 aromatic rings. The number of carbonyl (C=O) groups is 2. The van der Waals surface area contributed by atoms with E-state index in [2.05, 4.69) is 15.3 Å². The van der Waals surface area contributed by atoms with Crippen LogP contribution in [0.3, 0.4) is 0 Å². The maximum Gasteiger partial charge on any atom is 0.490 e. The van der Waals surface area contributed by atoms with Crippen molar-refractivity contribution in [2.24, 2.45) is 5.73 Å². The zero-order chi connectivity index (χ0) is 28.8. The zero-order valence-electron chi connectivity index (χ0n) is 20.8. The van der Waals surface area contributed by atoms with Gasteiger partial charge in [0, 0.05) is 36.1 Å². The first-order valence-corrected chi connectivity index (χ1v) is 13.5. The lowest BCUT2D eigenvalue weighted by Crippen LogP contribution is -2.23. The minimum absolute atomic E-state index is 0.0520. The third-order valence-corrected chi connectivity index (χ3v) is 8.10. The summed E-state index contributed by atoms with van der Waals surface area (Å²) in [6.07, 6.45) is 0.121. The standard InChI is InChI=1S/C23H26N4O4S.C2HF3O2/c1-15-21(14-32(29,30)20-9-8-19(24)11-20)27-23(31-15)18-6-4-17(5-7-18)22(28)26-13-16-3-2-10-25-12-16;3-2(4,5)1(6)7/h2-7,10,12,19-20H,8-9,11,13-14,24H2,1H3,(H,26,28);(H,6,7)/t19-,20-;/m0./s1. The van der Waals surface area contributed by atoms with Crippen molar-refractivity contribution in [2.45, 2.75) is 56.0 Å². The van der Waals surface area contributed by atoms with Crippen LogP contribution in [0, 0.1) is 6.92 Å². The molecule has 1 aliphatic carbocycles. The molecule has 14 heteroatoms. The summed E-state index contributed by atoms with van der Waals surface area (Å²) in [6.45, 7) is 2.10. The second-order valence-electron chi connectivity index (χ2n) is 8.95. The highest BCUT2D eigenvalue weighted by Crippen LogP contribution is 2.29. The van der Waals surface area contributed by atoms with Gasteiger partial charge in [0.2, 0.25) is 5.89 Å². The van der Waals surface area contributed by atoms with Crippen molar-refractivity contribution in [3.63, 3.8) is 0 Å². The maximum atomic E-state index is 12.7. The number of oxazole rings is 1. The number of sulfone groups is 1. The van der Waals surface area contributed by atoms with Crippen LogP contribution in [0.5, 0.6) is 0 Å². The third-order valence-electron chi connectivity index (χ3n) is 5.98. The Morgan fingerprint density at radius 2 is 1.85 bits per heavy atom. The lowest BCUT2D eigenvalue weighted by Gasteiger charge is -2.10. The van der Waals surface area contributed by atoms with Gasteiger partial charge in [-0.15, -0.1) is 0 Å². The van der Waals surface area contributed by atoms with Crippen molar-refractivity contribution in [3.05, 3.63) is 71.4 Å². The van der Waals surface area contributed by atoms with E-state index in [4.69, 9.17) is 20.1 Å². The van der Waals surface area contributed by atoms with Gasteiger partial charge in [0.15, 0.2) is 9.84 Å². The molecule has 0 bridgehead atoms. The summed E-state index contributed by atoms with van der Waals surface area (Å²) in [4.78, 5) is 29.7. The number of amides is 1. The molecule has 2 atom stereocenters. The van der Waals surface area contributed by atoms with E-state index in [-0.39, 0.29) is 17.7 Å². The molecule has 10 nitrogen and oxygen atoms in total. The van der Waals surface area contributed by atoms with Crippen molar-refractivity contribution >= 4 is 21.7 Å². The van der Waals surface area contributed by atoms with Gasteiger partial charge >= 0.3 is 12.1 Å². The number of aryl methyl sites for hydroxylation is 1. The van der Waals surface area contributed by atoms with Gasteiger partial charge in [-0.1, -0.05) is 6.07 Å². The minimum Gasteiger partial charge on any atom is -0.475 e. The summed E-state index contributed by atoms with van der Waals surface area (Å²) in [7, 11) is -3.34. The van der Waals surface area contributed by atoms with E-state index in [0.717, 1.165) is 12.0 Å². The van der Waals surface area contributed by atoms with Gasteiger partial charge in [-0.3, -0.25) is 9.78 Å². The lowest BCUT2D eigenvalue weighted by atomic mass is 10.1. The number of aromatic nitrogens is 2. The number of alkyl halides is 3. The molecule has 39 heavy (non-hydrogen) atoms. The van der Waals surface area contributed by atoms with Crippen LogP contribution < -0.4 is 11.1 Å². The molecule has 1 aromatic carbocycles. The Hall–Kier alpha value is -3.78. The van der Waals surface area contributed by atoms with Gasteiger partial charge in [0.05, 0.1) is 16.7 Å². The average molecular weight is 569 g/mol. The first kappa shape index (κ1) is 29.8. The normalized spacial score (nSPS) is 17.3. The summed E-state index contributed by atoms with van der Waals surface area (Å²) in [5.74, 6) is -2.31. The van der Waals surface area contributed by atoms with Gasteiger partial charge in [-0.05, 0) is 62.1 Å². The molecule has 1 fully saturated rings. The molecule has 1 amide bonds. The quantitative estimate of drug-likeness (QED) is 0.387. The number of pyridine rings is 1. The fraction of sp³-hybridized carbons (Fsp3) is 0.360. The Morgan fingerprint density at radius 3 is 2.38 bits per heavy atom. The van der Waals surface area contributed by atoms with E-state index in [9.17, 15) is 26.4 Å². The molecule has 0 saturated heterocycles. The van der Waals surface area contributed by atoms with E-state index < -0.39 is 27.2 Å². The van der Waals surface area contributed by atoms with Crippen LogP contribution >= 0.6 is 0 Å². The van der Waals surface area contributed by atoms with Gasteiger partial charge in [0.25, 0.3) is 5.91 Å². The van der Waals surface area contributed by atoms with Crippen molar-refractivity contribution in [1.29, 1.82) is 0 Å². The van der Waals surface area contributed by atoms with Crippen molar-refractivity contribution in [3.8, 4) is 11.5 Å². The number of carbonyl (C=O) groups excluding carboxylic acids is 1. The van der Waals surface area contributed by atoms with Crippen molar-refractivity contribution in [1.82, 2.24) is 15.3 Å². The number of benzene rings is 1. The number of aliphatic carboxylic acids is 1. The van der Waals surface area contributed by atoms with Crippen molar-refractivity contribution < 1.29 is 40.7 Å². The Bertz CT molecular complexity index is 1390. The fourth-order valence-electron chi connectivity index (χ4n) is 3.84. The zero-order valence-corrected chi connectivity index (χ0v) is 21.6. The van der Waals surface area contributed by atoms with E-state index in [1.165, 1.54) is 0 Å². The highest BCUT2D eigenvalue weighted by molar-refractivity contribution is 7.91. The van der Waals surface area contributed by atoms with Crippen LogP contribution in [-0.4, -0.2) is 52.8 Å². The predicted octanol–water partition coefficient (Wildman–Crippen LogP) is 3.40. The fourth-order valence-corrected chi connectivity index (χ4v) is 5.76. The van der Waals surface area contributed by atoms with E-state index in [1.807, 2.05) is 12.1 Å². The molecule has 0 radical (unpaired) electrons. The number of nitrogens with two attached hydrogens (primary N) is 1. The van der Waals surface area contributed by atoms with E-state index in [0.29, 0.717) is 47.9 Å². The molecule has 1 aliphatic rings. The minimum atomic E-state index is -5.08. The number of nitrogens with one attached hydrogen (secondary N) is 1. The van der Waals surface area contributed by atoms with Crippen LogP contribution in [-0.2, 0) is 26.9 Å². The van der Waals surface area contributed by atoms with Crippen LogP contribution in [0.4, 0.5) is 13.2 Å². The van der Waals surface area contributed by atoms with E-state index in [1.54, 1.807) is 43.6 Å². The molecule has 0 spiro atoms. The van der Waals surface area contributed by atoms with Gasteiger partial charge < -0.3 is 20.6 Å². The summed E-state index contributed by atoms with van der Waals surface area (Å²) in [6, 6.07) is 10.5. The largest absolute Gasteiger partial charge is 0.490 e. The smallest absolute Gasteiger partial charge is 0.475 e. The molecule has 210 valence electrons. The molecule has 2 aromatic heterocycles. The maximum absolute atomic E-state index is 12.7. The van der Waals surface area contributed by atoms with Crippen molar-refractivity contribution in [2.75, 3.05) is 0 Å². The Balaban J connectivity index is 0.000000532. The Morgan fingerprint density at radius 1 is 1.18 bits per heavy atom. The molecule has 0 unspecified atom stereocenters. The number of rotatable bonds is 7. The van der Waals surface area contributed by atoms with Gasteiger partial charge in [-0.25, -0.2) is 18.2 Å². The Labute approximate surface area is 222 Å². The molecule has 1 saturated carbocycles. The number of hydrogen-bond acceptors (Lipinski definition) is 8. The number of carboxylic acid groups (broad SMARTS) is 1. The third kappa shape index (κ3) is 8.35. The summed E-state index contributed by atoms with van der Waals surface area (Å²) < 4.78 is 63.0. The second kappa shape index (κ2) is 12.4. The topological polar surface area (TPSA) is 165 Å². The molecule has 2 heterocycles. The second-order valence-corrected chi connectivity index (χ2v) is 11.2. The SMILES string of the molecule is Cc1oc(-c2ccc(C(=O)NCc3cccnc3)cc2)nc1CS(=O)(=O)[C@H]1CC[C@H](N)C1.O=C(O)C(F)(F)F. The van der Waals surface area contributed by atoms with E-state index >= 15 is 0 Å².